The van der Waals surface area contributed by atoms with Gasteiger partial charge in [0.1, 0.15) is 0 Å². The molecule has 0 aromatic heterocycles. The smallest absolute Gasteiger partial charge is 0.331 e. The molecule has 24 heavy (non-hydrogen) atoms. The van der Waals surface area contributed by atoms with Crippen LogP contribution in [0.25, 0.3) is 0 Å². The van der Waals surface area contributed by atoms with Gasteiger partial charge in [-0.05, 0) is 19.8 Å². The van der Waals surface area contributed by atoms with E-state index in [1.165, 1.54) is 44.9 Å². The summed E-state index contributed by atoms with van der Waals surface area (Å²) >= 11 is 0. The zero-order chi connectivity index (χ0) is 18.0. The number of hydrogen-bond acceptors (Lipinski definition) is 4. The van der Waals surface area contributed by atoms with E-state index in [1.54, 1.807) is 0 Å². The molecule has 0 aliphatic heterocycles. The maximum absolute atomic E-state index is 11.5. The molecule has 140 valence electrons. The van der Waals surface area contributed by atoms with Crippen molar-refractivity contribution in [2.45, 2.75) is 97.5 Å². The van der Waals surface area contributed by atoms with E-state index in [2.05, 4.69) is 6.92 Å². The highest BCUT2D eigenvalue weighted by Gasteiger charge is 2.06. The normalized spacial score (nSPS) is 12.3. The summed E-state index contributed by atoms with van der Waals surface area (Å²) in [4.78, 5) is 22.9. The first-order valence-electron chi connectivity index (χ1n) is 9.65. The van der Waals surface area contributed by atoms with Crippen LogP contribution >= 0.6 is 0 Å². The maximum atomic E-state index is 11.5. The Labute approximate surface area is 148 Å². The van der Waals surface area contributed by atoms with E-state index in [9.17, 15) is 9.59 Å². The van der Waals surface area contributed by atoms with Gasteiger partial charge in [-0.3, -0.25) is 0 Å². The van der Waals surface area contributed by atoms with Crippen LogP contribution in [-0.4, -0.2) is 24.6 Å². The highest BCUT2D eigenvalue weighted by Crippen LogP contribution is 2.09. The lowest BCUT2D eigenvalue weighted by Gasteiger charge is -2.09. The molecular weight excluding hydrogens is 304 g/mol. The molecule has 0 aromatic carbocycles. The molecule has 0 saturated carbocycles. The van der Waals surface area contributed by atoms with Crippen LogP contribution in [0.15, 0.2) is 12.2 Å². The highest BCUT2D eigenvalue weighted by atomic mass is 16.5. The Morgan fingerprint density at radius 1 is 0.792 bits per heavy atom. The van der Waals surface area contributed by atoms with Crippen LogP contribution in [0.5, 0.6) is 0 Å². The Morgan fingerprint density at radius 3 is 1.92 bits per heavy atom. The first-order valence-corrected chi connectivity index (χ1v) is 9.65. The summed E-state index contributed by atoms with van der Waals surface area (Å²) in [6, 6.07) is 0. The van der Waals surface area contributed by atoms with Crippen LogP contribution < -0.4 is 0 Å². The molecule has 0 rings (SSSR count). The topological polar surface area (TPSA) is 52.6 Å². The van der Waals surface area contributed by atoms with Crippen LogP contribution in [0.1, 0.15) is 91.4 Å². The fourth-order valence-electron chi connectivity index (χ4n) is 2.47. The summed E-state index contributed by atoms with van der Waals surface area (Å²) in [5.74, 6) is -0.967. The number of carbonyl (C=O) groups is 2. The second-order valence-corrected chi connectivity index (χ2v) is 6.37. The van der Waals surface area contributed by atoms with E-state index in [1.807, 2.05) is 13.8 Å². The van der Waals surface area contributed by atoms with Gasteiger partial charge in [0.15, 0.2) is 0 Å². The summed E-state index contributed by atoms with van der Waals surface area (Å²) in [6.45, 7) is 6.52. The maximum Gasteiger partial charge on any atom is 0.331 e. The SMILES string of the molecule is CCCCCCCCCCCOC(=O)/C=C/C(=O)OC(C)CCC. The Bertz CT molecular complexity index is 350. The molecule has 0 heterocycles. The van der Waals surface area contributed by atoms with Gasteiger partial charge in [-0.25, -0.2) is 9.59 Å². The van der Waals surface area contributed by atoms with E-state index in [0.717, 1.165) is 37.8 Å². The Kier molecular flexibility index (Phi) is 15.6. The minimum Gasteiger partial charge on any atom is -0.463 e. The van der Waals surface area contributed by atoms with Gasteiger partial charge in [0.25, 0.3) is 0 Å². The van der Waals surface area contributed by atoms with E-state index in [0.29, 0.717) is 6.61 Å². The zero-order valence-electron chi connectivity index (χ0n) is 15.9. The lowest BCUT2D eigenvalue weighted by molar-refractivity contribution is -0.143. The van der Waals surface area contributed by atoms with Crippen molar-refractivity contribution in [3.8, 4) is 0 Å². The van der Waals surface area contributed by atoms with Crippen LogP contribution in [0.4, 0.5) is 0 Å². The second kappa shape index (κ2) is 16.5. The van der Waals surface area contributed by atoms with Crippen LogP contribution in [0, 0.1) is 0 Å². The molecule has 0 N–H and O–H groups in total. The van der Waals surface area contributed by atoms with E-state index >= 15 is 0 Å². The fourth-order valence-corrected chi connectivity index (χ4v) is 2.47. The van der Waals surface area contributed by atoms with Crippen molar-refractivity contribution in [3.63, 3.8) is 0 Å². The molecule has 0 aliphatic rings. The molecular formula is C20H36O4. The summed E-state index contributed by atoms with van der Waals surface area (Å²) in [5.41, 5.74) is 0. The number of unbranched alkanes of at least 4 members (excludes halogenated alkanes) is 8. The van der Waals surface area contributed by atoms with Gasteiger partial charge in [-0.1, -0.05) is 71.6 Å². The molecule has 0 aromatic rings. The monoisotopic (exact) mass is 340 g/mol. The number of esters is 2. The van der Waals surface area contributed by atoms with Crippen molar-refractivity contribution in [2.24, 2.45) is 0 Å². The number of rotatable bonds is 15. The van der Waals surface area contributed by atoms with Crippen molar-refractivity contribution in [1.82, 2.24) is 0 Å². The molecule has 0 saturated heterocycles. The first-order chi connectivity index (χ1) is 11.6. The lowest BCUT2D eigenvalue weighted by atomic mass is 10.1. The third-order valence-corrected chi connectivity index (χ3v) is 3.86. The predicted molar refractivity (Wildman–Crippen MR) is 97.8 cm³/mol. The average Bonchev–Trinajstić information content (AvgIpc) is 2.55. The minimum absolute atomic E-state index is 0.120. The van der Waals surface area contributed by atoms with E-state index < -0.39 is 11.9 Å². The van der Waals surface area contributed by atoms with Crippen molar-refractivity contribution in [3.05, 3.63) is 12.2 Å². The molecule has 0 radical (unpaired) electrons. The third-order valence-electron chi connectivity index (χ3n) is 3.86. The second-order valence-electron chi connectivity index (χ2n) is 6.37. The molecule has 0 aliphatic carbocycles. The molecule has 0 spiro atoms. The summed E-state index contributed by atoms with van der Waals surface area (Å²) in [6.07, 6.45) is 15.0. The van der Waals surface area contributed by atoms with Gasteiger partial charge >= 0.3 is 11.9 Å². The van der Waals surface area contributed by atoms with Crippen LogP contribution in [0.3, 0.4) is 0 Å². The summed E-state index contributed by atoms with van der Waals surface area (Å²) in [7, 11) is 0. The standard InChI is InChI=1S/C20H36O4/c1-4-6-7-8-9-10-11-12-13-17-23-19(21)15-16-20(22)24-18(3)14-5-2/h15-16,18H,4-14,17H2,1-3H3/b16-15+. The largest absolute Gasteiger partial charge is 0.463 e. The summed E-state index contributed by atoms with van der Waals surface area (Å²) < 4.78 is 10.2. The quantitative estimate of drug-likeness (QED) is 0.229. The average molecular weight is 341 g/mol. The number of carbonyl (C=O) groups excluding carboxylic acids is 2. The van der Waals surface area contributed by atoms with Crippen molar-refractivity contribution >= 4 is 11.9 Å². The number of ether oxygens (including phenoxy) is 2. The molecule has 0 fully saturated rings. The molecule has 1 unspecified atom stereocenters. The molecule has 4 heteroatoms. The highest BCUT2D eigenvalue weighted by molar-refractivity contribution is 5.91. The van der Waals surface area contributed by atoms with Gasteiger partial charge in [-0.15, -0.1) is 0 Å². The zero-order valence-corrected chi connectivity index (χ0v) is 15.9. The van der Waals surface area contributed by atoms with Gasteiger partial charge in [0.2, 0.25) is 0 Å². The van der Waals surface area contributed by atoms with Gasteiger partial charge in [0, 0.05) is 12.2 Å². The molecule has 1 atom stereocenters. The minimum atomic E-state index is -0.490. The van der Waals surface area contributed by atoms with Crippen LogP contribution in [0.2, 0.25) is 0 Å². The Hall–Kier alpha value is -1.32. The van der Waals surface area contributed by atoms with Crippen molar-refractivity contribution in [2.75, 3.05) is 6.61 Å². The molecule has 0 amide bonds. The van der Waals surface area contributed by atoms with Crippen molar-refractivity contribution < 1.29 is 19.1 Å². The van der Waals surface area contributed by atoms with Gasteiger partial charge in [0.05, 0.1) is 12.7 Å². The third kappa shape index (κ3) is 15.6. The predicted octanol–water partition coefficient (Wildman–Crippen LogP) is 5.35. The Morgan fingerprint density at radius 2 is 1.33 bits per heavy atom. The van der Waals surface area contributed by atoms with Crippen LogP contribution in [-0.2, 0) is 19.1 Å². The van der Waals surface area contributed by atoms with E-state index in [4.69, 9.17) is 9.47 Å². The van der Waals surface area contributed by atoms with Crippen molar-refractivity contribution in [1.29, 1.82) is 0 Å². The van der Waals surface area contributed by atoms with Gasteiger partial charge < -0.3 is 9.47 Å². The Balaban J connectivity index is 3.52. The molecule has 4 nitrogen and oxygen atoms in total. The fraction of sp³-hybridized carbons (Fsp3) is 0.800. The van der Waals surface area contributed by atoms with Gasteiger partial charge in [-0.2, -0.15) is 0 Å². The summed E-state index contributed by atoms with van der Waals surface area (Å²) in [5, 5.41) is 0. The van der Waals surface area contributed by atoms with E-state index in [-0.39, 0.29) is 6.10 Å². The lowest BCUT2D eigenvalue weighted by Crippen LogP contribution is -2.13. The first kappa shape index (κ1) is 22.7. The number of hydrogen-bond donors (Lipinski definition) is 0. The molecule has 0 bridgehead atoms.